The molecule has 3 aromatic rings. The number of nitrogens with one attached hydrogen (secondary N) is 1. The summed E-state index contributed by atoms with van der Waals surface area (Å²) in [6, 6.07) is 15.5. The summed E-state index contributed by atoms with van der Waals surface area (Å²) >= 11 is 0. The molecule has 5 nitrogen and oxygen atoms in total. The van der Waals surface area contributed by atoms with Crippen molar-refractivity contribution in [1.29, 1.82) is 0 Å². The smallest absolute Gasteiger partial charge is 0.240 e. The Bertz CT molecular complexity index is 808. The van der Waals surface area contributed by atoms with Crippen LogP contribution < -0.4 is 11.1 Å². The molecular formula is C17H18N4O. The molecule has 1 heterocycles. The number of nitrogens with zero attached hydrogens (tertiary/aromatic N) is 2. The molecular weight excluding hydrogens is 276 g/mol. The average molecular weight is 294 g/mol. The fourth-order valence-corrected chi connectivity index (χ4v) is 2.48. The van der Waals surface area contributed by atoms with Gasteiger partial charge in [-0.15, -0.1) is 0 Å². The number of carbonyl (C=O) groups is 1. The number of para-hydroxylation sites is 1. The van der Waals surface area contributed by atoms with E-state index in [1.807, 2.05) is 60.0 Å². The minimum absolute atomic E-state index is 0.0475. The van der Waals surface area contributed by atoms with Crippen molar-refractivity contribution in [3.05, 3.63) is 59.9 Å². The van der Waals surface area contributed by atoms with E-state index in [2.05, 4.69) is 10.3 Å². The molecule has 22 heavy (non-hydrogen) atoms. The van der Waals surface area contributed by atoms with Crippen molar-refractivity contribution in [1.82, 2.24) is 14.9 Å². The summed E-state index contributed by atoms with van der Waals surface area (Å²) in [5.41, 5.74) is 9.26. The Morgan fingerprint density at radius 3 is 2.73 bits per heavy atom. The zero-order chi connectivity index (χ0) is 15.5. The molecule has 0 radical (unpaired) electrons. The van der Waals surface area contributed by atoms with Crippen LogP contribution in [0.15, 0.2) is 48.5 Å². The largest absolute Gasteiger partial charge is 0.397 e. The van der Waals surface area contributed by atoms with Crippen LogP contribution in [0.4, 0.5) is 5.69 Å². The first kappa shape index (κ1) is 14.1. The van der Waals surface area contributed by atoms with E-state index in [-0.39, 0.29) is 12.5 Å². The summed E-state index contributed by atoms with van der Waals surface area (Å²) in [5, 5.41) is 2.92. The lowest BCUT2D eigenvalue weighted by Crippen LogP contribution is -2.27. The molecule has 0 fully saturated rings. The van der Waals surface area contributed by atoms with Gasteiger partial charge in [0.25, 0.3) is 0 Å². The first-order valence-corrected chi connectivity index (χ1v) is 7.17. The van der Waals surface area contributed by atoms with Gasteiger partial charge < -0.3 is 15.6 Å². The number of imidazole rings is 1. The van der Waals surface area contributed by atoms with Crippen molar-refractivity contribution in [3.8, 4) is 0 Å². The number of nitrogens with two attached hydrogens (primary N) is 1. The molecule has 0 aliphatic rings. The van der Waals surface area contributed by atoms with E-state index in [1.54, 1.807) is 0 Å². The van der Waals surface area contributed by atoms with Crippen molar-refractivity contribution >= 4 is 22.6 Å². The van der Waals surface area contributed by atoms with Crippen LogP contribution in [0, 0.1) is 6.92 Å². The number of hydrogen-bond donors (Lipinski definition) is 2. The van der Waals surface area contributed by atoms with Gasteiger partial charge in [0, 0.05) is 6.54 Å². The minimum atomic E-state index is -0.0475. The number of carbonyl (C=O) groups excluding carboxylic acids is 1. The Morgan fingerprint density at radius 2 is 1.95 bits per heavy atom. The third kappa shape index (κ3) is 2.79. The van der Waals surface area contributed by atoms with Gasteiger partial charge in [0.15, 0.2) is 0 Å². The molecule has 0 aliphatic heterocycles. The van der Waals surface area contributed by atoms with E-state index in [9.17, 15) is 4.79 Å². The van der Waals surface area contributed by atoms with Gasteiger partial charge in [-0.05, 0) is 24.6 Å². The molecule has 0 saturated heterocycles. The van der Waals surface area contributed by atoms with Gasteiger partial charge in [-0.2, -0.15) is 0 Å². The number of aromatic nitrogens is 2. The second-order valence-corrected chi connectivity index (χ2v) is 5.22. The highest BCUT2D eigenvalue weighted by Gasteiger charge is 2.12. The van der Waals surface area contributed by atoms with E-state index in [0.29, 0.717) is 12.2 Å². The average Bonchev–Trinajstić information content (AvgIpc) is 2.84. The number of amides is 1. The lowest BCUT2D eigenvalue weighted by Gasteiger charge is -2.08. The van der Waals surface area contributed by atoms with Crippen molar-refractivity contribution in [2.24, 2.45) is 0 Å². The third-order valence-electron chi connectivity index (χ3n) is 3.64. The molecule has 0 aliphatic carbocycles. The van der Waals surface area contributed by atoms with Crippen molar-refractivity contribution in [2.45, 2.75) is 20.0 Å². The summed E-state index contributed by atoms with van der Waals surface area (Å²) in [6.07, 6.45) is 0. The molecule has 1 amide bonds. The Morgan fingerprint density at radius 1 is 1.18 bits per heavy atom. The van der Waals surface area contributed by atoms with Crippen molar-refractivity contribution in [2.75, 3.05) is 5.73 Å². The number of anilines is 1. The Kier molecular flexibility index (Phi) is 3.78. The van der Waals surface area contributed by atoms with Crippen LogP contribution in [0.25, 0.3) is 11.0 Å². The second-order valence-electron chi connectivity index (χ2n) is 5.22. The molecule has 1 aromatic heterocycles. The zero-order valence-electron chi connectivity index (χ0n) is 12.4. The molecule has 2 aromatic carbocycles. The van der Waals surface area contributed by atoms with Gasteiger partial charge in [-0.25, -0.2) is 4.98 Å². The fraction of sp³-hybridized carbons (Fsp3) is 0.176. The van der Waals surface area contributed by atoms with Crippen LogP contribution in [-0.4, -0.2) is 15.5 Å². The van der Waals surface area contributed by atoms with Crippen LogP contribution >= 0.6 is 0 Å². The Hall–Kier alpha value is -2.82. The van der Waals surface area contributed by atoms with Crippen LogP contribution in [0.2, 0.25) is 0 Å². The number of aryl methyl sites for hydroxylation is 1. The second kappa shape index (κ2) is 5.89. The van der Waals surface area contributed by atoms with Gasteiger partial charge in [0.2, 0.25) is 5.91 Å². The Labute approximate surface area is 128 Å². The van der Waals surface area contributed by atoms with E-state index in [0.717, 1.165) is 22.4 Å². The lowest BCUT2D eigenvalue weighted by atomic mass is 10.2. The van der Waals surface area contributed by atoms with Crippen LogP contribution in [0.5, 0.6) is 0 Å². The maximum Gasteiger partial charge on any atom is 0.240 e. The molecule has 0 saturated carbocycles. The maximum atomic E-state index is 12.2. The standard InChI is InChI=1S/C17H18N4O/c1-12-20-17-14(18)8-5-9-15(17)21(12)11-16(22)19-10-13-6-3-2-4-7-13/h2-9H,10-11,18H2,1H3,(H,19,22). The third-order valence-corrected chi connectivity index (χ3v) is 3.64. The molecule has 0 spiro atoms. The van der Waals surface area contributed by atoms with E-state index in [4.69, 9.17) is 5.73 Å². The van der Waals surface area contributed by atoms with Crippen molar-refractivity contribution < 1.29 is 4.79 Å². The predicted molar refractivity (Wildman–Crippen MR) is 87.2 cm³/mol. The number of hydrogen-bond acceptors (Lipinski definition) is 3. The predicted octanol–water partition coefficient (Wildman–Crippen LogP) is 2.24. The molecule has 112 valence electrons. The number of rotatable bonds is 4. The minimum Gasteiger partial charge on any atom is -0.397 e. The van der Waals surface area contributed by atoms with Gasteiger partial charge in [0.05, 0.1) is 11.2 Å². The summed E-state index contributed by atoms with van der Waals surface area (Å²) in [6.45, 7) is 2.63. The summed E-state index contributed by atoms with van der Waals surface area (Å²) in [5.74, 6) is 0.733. The zero-order valence-corrected chi connectivity index (χ0v) is 12.4. The van der Waals surface area contributed by atoms with Crippen LogP contribution in [-0.2, 0) is 17.9 Å². The van der Waals surface area contributed by atoms with Gasteiger partial charge >= 0.3 is 0 Å². The molecule has 0 unspecified atom stereocenters. The Balaban J connectivity index is 1.74. The van der Waals surface area contributed by atoms with Crippen molar-refractivity contribution in [3.63, 3.8) is 0 Å². The monoisotopic (exact) mass is 294 g/mol. The molecule has 5 heteroatoms. The highest BCUT2D eigenvalue weighted by molar-refractivity contribution is 5.89. The summed E-state index contributed by atoms with van der Waals surface area (Å²) < 4.78 is 1.88. The van der Waals surface area contributed by atoms with E-state index >= 15 is 0 Å². The van der Waals surface area contributed by atoms with Crippen LogP contribution in [0.3, 0.4) is 0 Å². The topological polar surface area (TPSA) is 72.9 Å². The fourth-order valence-electron chi connectivity index (χ4n) is 2.48. The SMILES string of the molecule is Cc1nc2c(N)cccc2n1CC(=O)NCc1ccccc1. The van der Waals surface area contributed by atoms with E-state index < -0.39 is 0 Å². The molecule has 3 rings (SSSR count). The number of nitrogen functional groups attached to an aromatic ring is 1. The maximum absolute atomic E-state index is 12.2. The number of fused-ring (bicyclic) bond motifs is 1. The quantitative estimate of drug-likeness (QED) is 0.725. The highest BCUT2D eigenvalue weighted by Crippen LogP contribution is 2.21. The number of benzene rings is 2. The van der Waals surface area contributed by atoms with Gasteiger partial charge in [0.1, 0.15) is 17.9 Å². The normalized spacial score (nSPS) is 10.8. The summed E-state index contributed by atoms with van der Waals surface area (Å²) in [4.78, 5) is 16.6. The molecule has 0 bridgehead atoms. The highest BCUT2D eigenvalue weighted by atomic mass is 16.1. The van der Waals surface area contributed by atoms with Gasteiger partial charge in [-0.3, -0.25) is 4.79 Å². The molecule has 3 N–H and O–H groups in total. The van der Waals surface area contributed by atoms with E-state index in [1.165, 1.54) is 0 Å². The first-order chi connectivity index (χ1) is 10.6. The lowest BCUT2D eigenvalue weighted by molar-refractivity contribution is -0.121. The first-order valence-electron chi connectivity index (χ1n) is 7.17. The summed E-state index contributed by atoms with van der Waals surface area (Å²) in [7, 11) is 0. The molecule has 0 atom stereocenters. The van der Waals surface area contributed by atoms with Gasteiger partial charge in [-0.1, -0.05) is 36.4 Å². The van der Waals surface area contributed by atoms with Crippen LogP contribution in [0.1, 0.15) is 11.4 Å².